The predicted molar refractivity (Wildman–Crippen MR) is 102 cm³/mol. The minimum atomic E-state index is -0.897. The number of nitrogens with one attached hydrogen (secondary N) is 1. The number of likely N-dealkylation sites (tertiary alicyclic amines) is 1. The monoisotopic (exact) mass is 372 g/mol. The molecule has 0 spiro atoms. The molecule has 1 aromatic rings. The normalized spacial score (nSPS) is 23.7. The number of carbonyl (C=O) groups excluding carboxylic acids is 2. The largest absolute Gasteiger partial charge is 0.481 e. The third kappa shape index (κ3) is 4.67. The summed E-state index contributed by atoms with van der Waals surface area (Å²) < 4.78 is 0. The molecule has 2 aliphatic rings. The number of hydrogen-bond donors (Lipinski definition) is 2. The summed E-state index contributed by atoms with van der Waals surface area (Å²) in [7, 11) is 0. The molecule has 3 rings (SSSR count). The third-order valence-corrected chi connectivity index (χ3v) is 5.89. The predicted octanol–water partition coefficient (Wildman–Crippen LogP) is 3.39. The maximum atomic E-state index is 12.6. The molecule has 2 atom stereocenters. The Bertz CT molecular complexity index is 693. The van der Waals surface area contributed by atoms with E-state index in [2.05, 4.69) is 12.2 Å². The minimum absolute atomic E-state index is 0.0259. The second-order valence-electron chi connectivity index (χ2n) is 7.88. The molecule has 0 unspecified atom stereocenters. The van der Waals surface area contributed by atoms with Crippen molar-refractivity contribution in [1.82, 2.24) is 4.90 Å². The van der Waals surface area contributed by atoms with Crippen LogP contribution in [0.2, 0.25) is 0 Å². The van der Waals surface area contributed by atoms with Gasteiger partial charge in [-0.3, -0.25) is 14.4 Å². The zero-order valence-electron chi connectivity index (χ0n) is 15.8. The smallest absolute Gasteiger partial charge is 0.307 e. The molecule has 146 valence electrons. The first kappa shape index (κ1) is 19.4. The van der Waals surface area contributed by atoms with E-state index in [-0.39, 0.29) is 11.8 Å². The lowest BCUT2D eigenvalue weighted by atomic mass is 9.78. The Labute approximate surface area is 159 Å². The summed E-state index contributed by atoms with van der Waals surface area (Å²) in [5, 5.41) is 12.2. The number of piperidine rings is 1. The van der Waals surface area contributed by atoms with Gasteiger partial charge in [0.05, 0.1) is 11.8 Å². The number of carboxylic acids is 1. The highest BCUT2D eigenvalue weighted by molar-refractivity contribution is 5.97. The summed E-state index contributed by atoms with van der Waals surface area (Å²) in [6.07, 6.45) is 4.96. The molecule has 0 bridgehead atoms. The standard InChI is InChI=1S/C21H28N2O4/c1-14-10-12-23(13-11-14)20(25)15-6-8-16(9-7-15)22-19(24)17-4-2-3-5-18(17)21(26)27/h6-9,14,17-18H,2-5,10-13H2,1H3,(H,22,24)(H,26,27)/t17-,18+/m1/s1. The SMILES string of the molecule is CC1CCN(C(=O)c2ccc(NC(=O)[C@@H]3CCCC[C@@H]3C(=O)O)cc2)CC1. The van der Waals surface area contributed by atoms with Crippen LogP contribution in [0.4, 0.5) is 5.69 Å². The first-order valence-corrected chi connectivity index (χ1v) is 9.88. The molecule has 27 heavy (non-hydrogen) atoms. The van der Waals surface area contributed by atoms with Gasteiger partial charge in [0.1, 0.15) is 0 Å². The van der Waals surface area contributed by atoms with Crippen LogP contribution in [0, 0.1) is 17.8 Å². The highest BCUT2D eigenvalue weighted by atomic mass is 16.4. The van der Waals surface area contributed by atoms with Gasteiger partial charge in [0.25, 0.3) is 5.91 Å². The molecule has 6 heteroatoms. The van der Waals surface area contributed by atoms with Gasteiger partial charge in [-0.1, -0.05) is 19.8 Å². The molecule has 2 fully saturated rings. The first-order chi connectivity index (χ1) is 13.0. The molecule has 1 aliphatic heterocycles. The fourth-order valence-corrected chi connectivity index (χ4v) is 4.07. The highest BCUT2D eigenvalue weighted by Crippen LogP contribution is 2.31. The van der Waals surface area contributed by atoms with E-state index in [0.717, 1.165) is 38.8 Å². The lowest BCUT2D eigenvalue weighted by Crippen LogP contribution is -2.38. The number of aliphatic carboxylic acids is 1. The van der Waals surface area contributed by atoms with Crippen LogP contribution in [0.1, 0.15) is 55.8 Å². The van der Waals surface area contributed by atoms with Crippen molar-refractivity contribution >= 4 is 23.5 Å². The summed E-state index contributed by atoms with van der Waals surface area (Å²) in [6.45, 7) is 3.79. The first-order valence-electron chi connectivity index (χ1n) is 9.88. The average molecular weight is 372 g/mol. The van der Waals surface area contributed by atoms with Crippen molar-refractivity contribution in [1.29, 1.82) is 0 Å². The Kier molecular flexibility index (Phi) is 6.14. The molecule has 1 heterocycles. The van der Waals surface area contributed by atoms with Crippen LogP contribution in [0.5, 0.6) is 0 Å². The topological polar surface area (TPSA) is 86.7 Å². The Morgan fingerprint density at radius 1 is 0.963 bits per heavy atom. The zero-order valence-corrected chi connectivity index (χ0v) is 15.8. The van der Waals surface area contributed by atoms with Gasteiger partial charge in [0.2, 0.25) is 5.91 Å². The third-order valence-electron chi connectivity index (χ3n) is 5.89. The quantitative estimate of drug-likeness (QED) is 0.848. The van der Waals surface area contributed by atoms with Crippen molar-refractivity contribution in [2.24, 2.45) is 17.8 Å². The minimum Gasteiger partial charge on any atom is -0.481 e. The lowest BCUT2D eigenvalue weighted by molar-refractivity contribution is -0.147. The van der Waals surface area contributed by atoms with Gasteiger partial charge in [-0.2, -0.15) is 0 Å². The van der Waals surface area contributed by atoms with Crippen LogP contribution in [-0.2, 0) is 9.59 Å². The summed E-state index contributed by atoms with van der Waals surface area (Å²) in [6, 6.07) is 6.89. The molecule has 2 amide bonds. The van der Waals surface area contributed by atoms with Gasteiger partial charge in [-0.05, 0) is 55.9 Å². The molecular formula is C21H28N2O4. The van der Waals surface area contributed by atoms with Crippen molar-refractivity contribution in [3.8, 4) is 0 Å². The van der Waals surface area contributed by atoms with Crippen molar-refractivity contribution < 1.29 is 19.5 Å². The fourth-order valence-electron chi connectivity index (χ4n) is 4.07. The molecule has 6 nitrogen and oxygen atoms in total. The number of carboxylic acid groups (broad SMARTS) is 1. The maximum absolute atomic E-state index is 12.6. The average Bonchev–Trinajstić information content (AvgIpc) is 2.68. The molecule has 1 aliphatic carbocycles. The summed E-state index contributed by atoms with van der Waals surface area (Å²) in [5.74, 6) is -1.55. The van der Waals surface area contributed by atoms with E-state index in [1.54, 1.807) is 24.3 Å². The van der Waals surface area contributed by atoms with E-state index < -0.39 is 17.8 Å². The van der Waals surface area contributed by atoms with Crippen LogP contribution in [0.25, 0.3) is 0 Å². The molecular weight excluding hydrogens is 344 g/mol. The Balaban J connectivity index is 1.61. The number of benzene rings is 1. The van der Waals surface area contributed by atoms with Gasteiger partial charge >= 0.3 is 5.97 Å². The van der Waals surface area contributed by atoms with Crippen LogP contribution in [-0.4, -0.2) is 40.9 Å². The highest BCUT2D eigenvalue weighted by Gasteiger charge is 2.35. The summed E-state index contributed by atoms with van der Waals surface area (Å²) in [4.78, 5) is 38.4. The number of nitrogens with zero attached hydrogens (tertiary/aromatic N) is 1. The van der Waals surface area contributed by atoms with E-state index in [4.69, 9.17) is 0 Å². The van der Waals surface area contributed by atoms with Crippen LogP contribution >= 0.6 is 0 Å². The van der Waals surface area contributed by atoms with Crippen LogP contribution in [0.3, 0.4) is 0 Å². The Hall–Kier alpha value is -2.37. The second kappa shape index (κ2) is 8.55. The van der Waals surface area contributed by atoms with E-state index in [1.165, 1.54) is 0 Å². The number of amides is 2. The van der Waals surface area contributed by atoms with E-state index in [1.807, 2.05) is 4.90 Å². The molecule has 2 N–H and O–H groups in total. The molecule has 0 aromatic heterocycles. The fraction of sp³-hybridized carbons (Fsp3) is 0.571. The number of hydrogen-bond acceptors (Lipinski definition) is 3. The van der Waals surface area contributed by atoms with E-state index in [0.29, 0.717) is 30.0 Å². The Morgan fingerprint density at radius 3 is 2.15 bits per heavy atom. The molecule has 0 radical (unpaired) electrons. The van der Waals surface area contributed by atoms with Gasteiger partial charge < -0.3 is 15.3 Å². The molecule has 1 aromatic carbocycles. The van der Waals surface area contributed by atoms with E-state index >= 15 is 0 Å². The Morgan fingerprint density at radius 2 is 1.56 bits per heavy atom. The summed E-state index contributed by atoms with van der Waals surface area (Å²) in [5.41, 5.74) is 1.21. The van der Waals surface area contributed by atoms with Crippen molar-refractivity contribution in [3.05, 3.63) is 29.8 Å². The van der Waals surface area contributed by atoms with Crippen LogP contribution < -0.4 is 5.32 Å². The van der Waals surface area contributed by atoms with Crippen molar-refractivity contribution in [2.45, 2.75) is 45.4 Å². The van der Waals surface area contributed by atoms with Gasteiger partial charge in [0.15, 0.2) is 0 Å². The number of rotatable bonds is 4. The van der Waals surface area contributed by atoms with Crippen molar-refractivity contribution in [3.63, 3.8) is 0 Å². The molecule has 1 saturated carbocycles. The zero-order chi connectivity index (χ0) is 19.4. The van der Waals surface area contributed by atoms with Crippen molar-refractivity contribution in [2.75, 3.05) is 18.4 Å². The van der Waals surface area contributed by atoms with Crippen LogP contribution in [0.15, 0.2) is 24.3 Å². The van der Waals surface area contributed by atoms with Gasteiger partial charge in [0, 0.05) is 24.3 Å². The second-order valence-corrected chi connectivity index (χ2v) is 7.88. The molecule has 1 saturated heterocycles. The van der Waals surface area contributed by atoms with E-state index in [9.17, 15) is 19.5 Å². The van der Waals surface area contributed by atoms with Gasteiger partial charge in [-0.15, -0.1) is 0 Å². The summed E-state index contributed by atoms with van der Waals surface area (Å²) >= 11 is 0. The maximum Gasteiger partial charge on any atom is 0.307 e. The number of anilines is 1. The van der Waals surface area contributed by atoms with Gasteiger partial charge in [-0.25, -0.2) is 0 Å². The number of carbonyl (C=O) groups is 3. The lowest BCUT2D eigenvalue weighted by Gasteiger charge is -2.30.